The first-order valence-electron chi connectivity index (χ1n) is 5.97. The molecule has 1 saturated carbocycles. The van der Waals surface area contributed by atoms with E-state index in [0.29, 0.717) is 0 Å². The van der Waals surface area contributed by atoms with E-state index in [1.807, 2.05) is 43.5 Å². The number of hydrogen-bond donors (Lipinski definition) is 1. The van der Waals surface area contributed by atoms with Crippen LogP contribution in [0.1, 0.15) is 31.2 Å². The van der Waals surface area contributed by atoms with Crippen LogP contribution in [-0.2, 0) is 4.79 Å². The van der Waals surface area contributed by atoms with Gasteiger partial charge in [0, 0.05) is 12.1 Å². The summed E-state index contributed by atoms with van der Waals surface area (Å²) in [5.41, 5.74) is 1.64. The molecule has 2 aromatic rings. The van der Waals surface area contributed by atoms with Gasteiger partial charge in [-0.2, -0.15) is 0 Å². The predicted molar refractivity (Wildman–Crippen MR) is 65.4 cm³/mol. The number of carboxylic acid groups (broad SMARTS) is 1. The Bertz CT molecular complexity index is 645. The van der Waals surface area contributed by atoms with Gasteiger partial charge in [0.05, 0.1) is 5.92 Å². The molecule has 0 bridgehead atoms. The molecule has 2 atom stereocenters. The second kappa shape index (κ2) is 3.31. The van der Waals surface area contributed by atoms with Gasteiger partial charge in [-0.05, 0) is 30.0 Å². The summed E-state index contributed by atoms with van der Waals surface area (Å²) in [5.74, 6) is -0.435. The van der Waals surface area contributed by atoms with Crippen LogP contribution in [0.4, 0.5) is 0 Å². The molecule has 0 spiro atoms. The van der Waals surface area contributed by atoms with Crippen molar-refractivity contribution in [2.24, 2.45) is 11.3 Å². The van der Waals surface area contributed by atoms with Gasteiger partial charge in [0.25, 0.3) is 0 Å². The smallest absolute Gasteiger partial charge is 0.307 e. The van der Waals surface area contributed by atoms with Crippen LogP contribution < -0.4 is 0 Å². The lowest BCUT2D eigenvalue weighted by Crippen LogP contribution is -2.03. The molecule has 5 nitrogen and oxygen atoms in total. The molecule has 3 rings (SSSR count). The van der Waals surface area contributed by atoms with Gasteiger partial charge >= 0.3 is 5.97 Å². The molecule has 2 aromatic heterocycles. The number of rotatable bonds is 2. The molecule has 1 aliphatic carbocycles. The maximum absolute atomic E-state index is 11.2. The van der Waals surface area contributed by atoms with E-state index in [9.17, 15) is 9.90 Å². The second-order valence-electron chi connectivity index (χ2n) is 5.61. The maximum Gasteiger partial charge on any atom is 0.307 e. The number of fused-ring (bicyclic) bond motifs is 1. The van der Waals surface area contributed by atoms with Crippen LogP contribution in [0, 0.1) is 18.3 Å². The van der Waals surface area contributed by atoms with Gasteiger partial charge in [-0.3, -0.25) is 9.20 Å². The first-order valence-corrected chi connectivity index (χ1v) is 5.97. The molecule has 18 heavy (non-hydrogen) atoms. The highest BCUT2D eigenvalue weighted by Gasteiger charge is 2.64. The van der Waals surface area contributed by atoms with Crippen molar-refractivity contribution in [1.29, 1.82) is 0 Å². The van der Waals surface area contributed by atoms with E-state index in [1.165, 1.54) is 0 Å². The second-order valence-corrected chi connectivity index (χ2v) is 5.61. The monoisotopic (exact) mass is 245 g/mol. The molecular weight excluding hydrogens is 230 g/mol. The molecule has 1 fully saturated rings. The minimum Gasteiger partial charge on any atom is -0.481 e. The van der Waals surface area contributed by atoms with E-state index < -0.39 is 5.97 Å². The van der Waals surface area contributed by atoms with Crippen molar-refractivity contribution in [2.45, 2.75) is 26.7 Å². The van der Waals surface area contributed by atoms with Crippen LogP contribution in [-0.4, -0.2) is 25.7 Å². The zero-order chi connectivity index (χ0) is 13.1. The fourth-order valence-corrected chi connectivity index (χ4v) is 2.80. The molecular formula is C13H15N3O2. The minimum absolute atomic E-state index is 0.0623. The number of carboxylic acids is 1. The quantitative estimate of drug-likeness (QED) is 0.877. The summed E-state index contributed by atoms with van der Waals surface area (Å²) >= 11 is 0. The maximum atomic E-state index is 11.2. The summed E-state index contributed by atoms with van der Waals surface area (Å²) in [7, 11) is 0. The normalized spacial score (nSPS) is 25.3. The number of aryl methyl sites for hydroxylation is 1. The molecule has 0 aliphatic heterocycles. The van der Waals surface area contributed by atoms with Gasteiger partial charge in [0.1, 0.15) is 5.82 Å². The van der Waals surface area contributed by atoms with Crippen LogP contribution in [0.2, 0.25) is 0 Å². The molecule has 0 aromatic carbocycles. The molecule has 94 valence electrons. The molecule has 2 heterocycles. The van der Waals surface area contributed by atoms with Crippen LogP contribution >= 0.6 is 0 Å². The van der Waals surface area contributed by atoms with E-state index >= 15 is 0 Å². The number of nitrogens with zero attached hydrogens (tertiary/aromatic N) is 3. The Balaban J connectivity index is 2.09. The summed E-state index contributed by atoms with van der Waals surface area (Å²) in [4.78, 5) is 11.2. The Morgan fingerprint density at radius 3 is 2.78 bits per heavy atom. The average Bonchev–Trinajstić information content (AvgIpc) is 2.66. The van der Waals surface area contributed by atoms with Crippen molar-refractivity contribution in [1.82, 2.24) is 14.6 Å². The zero-order valence-corrected chi connectivity index (χ0v) is 10.6. The summed E-state index contributed by atoms with van der Waals surface area (Å²) in [6, 6.07) is 3.92. The SMILES string of the molecule is Cc1ccn2c(C3C(C(=O)O)C3(C)C)nnc2c1. The first kappa shape index (κ1) is 11.2. The largest absolute Gasteiger partial charge is 0.481 e. The Morgan fingerprint density at radius 1 is 1.44 bits per heavy atom. The number of aliphatic carboxylic acids is 1. The fraction of sp³-hybridized carbons (Fsp3) is 0.462. The highest BCUT2D eigenvalue weighted by molar-refractivity contribution is 5.77. The van der Waals surface area contributed by atoms with Crippen molar-refractivity contribution >= 4 is 11.6 Å². The Labute approximate surface area is 104 Å². The Hall–Kier alpha value is -1.91. The summed E-state index contributed by atoms with van der Waals surface area (Å²) < 4.78 is 1.89. The van der Waals surface area contributed by atoms with Crippen molar-refractivity contribution in [3.8, 4) is 0 Å². The lowest BCUT2D eigenvalue weighted by molar-refractivity contribution is -0.139. The third kappa shape index (κ3) is 1.36. The van der Waals surface area contributed by atoms with Crippen molar-refractivity contribution < 1.29 is 9.90 Å². The number of aromatic nitrogens is 3. The van der Waals surface area contributed by atoms with Crippen molar-refractivity contribution in [3.05, 3.63) is 29.7 Å². The molecule has 5 heteroatoms. The third-order valence-corrected chi connectivity index (χ3v) is 3.96. The summed E-state index contributed by atoms with van der Waals surface area (Å²) in [6.07, 6.45) is 1.91. The standard InChI is InChI=1S/C13H15N3O2/c1-7-4-5-16-8(6-7)14-15-11(16)9-10(12(17)18)13(9,2)3/h4-6,9-10H,1-3H3,(H,17,18). The van der Waals surface area contributed by atoms with Crippen LogP contribution in [0.5, 0.6) is 0 Å². The van der Waals surface area contributed by atoms with E-state index in [2.05, 4.69) is 10.2 Å². The first-order chi connectivity index (χ1) is 8.43. The van der Waals surface area contributed by atoms with Gasteiger partial charge in [0.2, 0.25) is 0 Å². The van der Waals surface area contributed by atoms with Crippen LogP contribution in [0.15, 0.2) is 18.3 Å². The van der Waals surface area contributed by atoms with Gasteiger partial charge in [-0.15, -0.1) is 10.2 Å². The van der Waals surface area contributed by atoms with E-state index in [0.717, 1.165) is 17.0 Å². The van der Waals surface area contributed by atoms with E-state index in [-0.39, 0.29) is 17.3 Å². The van der Waals surface area contributed by atoms with Gasteiger partial charge < -0.3 is 5.11 Å². The average molecular weight is 245 g/mol. The van der Waals surface area contributed by atoms with Crippen LogP contribution in [0.3, 0.4) is 0 Å². The highest BCUT2D eigenvalue weighted by atomic mass is 16.4. The molecule has 0 amide bonds. The number of hydrogen-bond acceptors (Lipinski definition) is 3. The minimum atomic E-state index is -0.756. The topological polar surface area (TPSA) is 67.5 Å². The third-order valence-electron chi connectivity index (χ3n) is 3.96. The molecule has 0 radical (unpaired) electrons. The van der Waals surface area contributed by atoms with Crippen LogP contribution in [0.25, 0.3) is 5.65 Å². The number of pyridine rings is 1. The Morgan fingerprint density at radius 2 is 2.17 bits per heavy atom. The lowest BCUT2D eigenvalue weighted by Gasteiger charge is -2.01. The Kier molecular flexibility index (Phi) is 2.06. The lowest BCUT2D eigenvalue weighted by atomic mass is 10.1. The molecule has 2 unspecified atom stereocenters. The van der Waals surface area contributed by atoms with Crippen molar-refractivity contribution in [3.63, 3.8) is 0 Å². The summed E-state index contributed by atoms with van der Waals surface area (Å²) in [6.45, 7) is 5.92. The van der Waals surface area contributed by atoms with Crippen molar-refractivity contribution in [2.75, 3.05) is 0 Å². The molecule has 1 aliphatic rings. The van der Waals surface area contributed by atoms with E-state index in [4.69, 9.17) is 0 Å². The summed E-state index contributed by atoms with van der Waals surface area (Å²) in [5, 5.41) is 17.5. The highest BCUT2D eigenvalue weighted by Crippen LogP contribution is 2.63. The molecule has 1 N–H and O–H groups in total. The van der Waals surface area contributed by atoms with E-state index in [1.54, 1.807) is 0 Å². The van der Waals surface area contributed by atoms with Gasteiger partial charge in [0.15, 0.2) is 5.65 Å². The molecule has 0 saturated heterocycles. The predicted octanol–water partition coefficient (Wildman–Crippen LogP) is 1.86. The zero-order valence-electron chi connectivity index (χ0n) is 10.6. The number of carbonyl (C=O) groups is 1. The van der Waals surface area contributed by atoms with Gasteiger partial charge in [-0.1, -0.05) is 13.8 Å². The van der Waals surface area contributed by atoms with Gasteiger partial charge in [-0.25, -0.2) is 0 Å². The fourth-order valence-electron chi connectivity index (χ4n) is 2.80.